The largest absolute Gasteiger partial charge is 0.322 e. The first-order valence-electron chi connectivity index (χ1n) is 21.3. The van der Waals surface area contributed by atoms with Crippen molar-refractivity contribution in [2.75, 3.05) is 16.5 Å². The minimum absolute atomic E-state index is 0.523. The molecule has 6 nitrogen and oxygen atoms in total. The predicted octanol–water partition coefficient (Wildman–Crippen LogP) is 14.6. The second kappa shape index (κ2) is 21.7. The van der Waals surface area contributed by atoms with Crippen molar-refractivity contribution in [1.29, 1.82) is 0 Å². The molecule has 0 spiro atoms. The maximum absolute atomic E-state index is 4.92. The minimum atomic E-state index is 0.523. The topological polar surface area (TPSA) is 55.9 Å². The molecule has 1 aliphatic carbocycles. The molecule has 1 atom stereocenters. The molecule has 0 saturated carbocycles. The zero-order valence-electron chi connectivity index (χ0n) is 36.3. The van der Waals surface area contributed by atoms with E-state index in [1.807, 2.05) is 30.3 Å². The Morgan fingerprint density at radius 1 is 0.556 bits per heavy atom. The van der Waals surface area contributed by atoms with Crippen molar-refractivity contribution < 1.29 is 0 Å². The number of aliphatic imine (C=N–C) groups is 4. The van der Waals surface area contributed by atoms with Crippen LogP contribution in [0.15, 0.2) is 220 Å². The number of hydrogen-bond acceptors (Lipinski definition) is 5. The van der Waals surface area contributed by atoms with Crippen molar-refractivity contribution in [1.82, 2.24) is 0 Å². The van der Waals surface area contributed by atoms with E-state index in [1.165, 1.54) is 28.7 Å². The van der Waals surface area contributed by atoms with Crippen LogP contribution < -0.4 is 9.80 Å². The van der Waals surface area contributed by atoms with Gasteiger partial charge in [0.15, 0.2) is 5.84 Å². The van der Waals surface area contributed by atoms with E-state index in [4.69, 9.17) is 4.99 Å². The average Bonchev–Trinajstić information content (AvgIpc) is 3.49. The Hall–Kier alpha value is -7.70. The highest BCUT2D eigenvalue weighted by Gasteiger charge is 2.28. The molecule has 0 N–H and O–H groups in total. The molecule has 0 amide bonds. The van der Waals surface area contributed by atoms with Gasteiger partial charge in [-0.25, -0.2) is 4.99 Å². The highest BCUT2D eigenvalue weighted by atomic mass is 15.3. The third-order valence-corrected chi connectivity index (χ3v) is 11.0. The second-order valence-electron chi connectivity index (χ2n) is 15.5. The molecule has 2 aliphatic rings. The summed E-state index contributed by atoms with van der Waals surface area (Å²) in [6, 6.07) is 60.7. The van der Waals surface area contributed by atoms with Crippen molar-refractivity contribution in [3.63, 3.8) is 0 Å². The van der Waals surface area contributed by atoms with Crippen LogP contribution in [0.3, 0.4) is 0 Å². The number of hydrogen-bond donors (Lipinski definition) is 0. The van der Waals surface area contributed by atoms with Crippen LogP contribution in [0, 0.1) is 12.8 Å². The molecule has 63 heavy (non-hydrogen) atoms. The molecule has 7 aromatic carbocycles. The number of rotatable bonds is 9. The molecule has 1 heterocycles. The van der Waals surface area contributed by atoms with Gasteiger partial charge in [-0.15, -0.1) is 0 Å². The Balaban J connectivity index is 0.000000220. The third-order valence-electron chi connectivity index (χ3n) is 11.0. The summed E-state index contributed by atoms with van der Waals surface area (Å²) >= 11 is 0. The number of allylic oxidation sites excluding steroid dienone is 4. The molecular formula is C57H54N6. The molecule has 1 unspecified atom stereocenters. The van der Waals surface area contributed by atoms with Gasteiger partial charge < -0.3 is 9.80 Å². The Bertz CT molecular complexity index is 2710. The Morgan fingerprint density at radius 3 is 1.68 bits per heavy atom. The lowest BCUT2D eigenvalue weighted by molar-refractivity contribution is 0.737. The summed E-state index contributed by atoms with van der Waals surface area (Å²) in [5, 5.41) is 0. The number of fused-ring (bicyclic) bond motifs is 3. The summed E-state index contributed by atoms with van der Waals surface area (Å²) < 4.78 is 0. The highest BCUT2D eigenvalue weighted by molar-refractivity contribution is 6.07. The highest BCUT2D eigenvalue weighted by Crippen LogP contribution is 2.47. The van der Waals surface area contributed by atoms with E-state index >= 15 is 0 Å². The summed E-state index contributed by atoms with van der Waals surface area (Å²) in [5.74, 6) is 1.38. The molecule has 0 aromatic heterocycles. The quantitative estimate of drug-likeness (QED) is 0.108. The zero-order chi connectivity index (χ0) is 43.8. The number of para-hydroxylation sites is 5. The lowest BCUT2D eigenvalue weighted by atomic mass is 10.0. The normalized spacial score (nSPS) is 13.8. The van der Waals surface area contributed by atoms with Crippen LogP contribution in [0.1, 0.15) is 35.6 Å². The molecule has 312 valence electrons. The van der Waals surface area contributed by atoms with E-state index in [0.29, 0.717) is 25.6 Å². The molecule has 6 heteroatoms. The smallest absolute Gasteiger partial charge is 0.156 e. The van der Waals surface area contributed by atoms with Crippen LogP contribution in [0.2, 0.25) is 0 Å². The second-order valence-corrected chi connectivity index (χ2v) is 15.5. The fourth-order valence-corrected chi connectivity index (χ4v) is 7.65. The number of amidine groups is 1. The van der Waals surface area contributed by atoms with E-state index < -0.39 is 0 Å². The molecule has 1 aliphatic heterocycles. The molecular weight excluding hydrogens is 769 g/mol. The monoisotopic (exact) mass is 822 g/mol. The van der Waals surface area contributed by atoms with Crippen LogP contribution in [0.4, 0.5) is 28.4 Å². The van der Waals surface area contributed by atoms with Crippen LogP contribution in [0.25, 0.3) is 22.3 Å². The van der Waals surface area contributed by atoms with E-state index in [2.05, 4.69) is 229 Å². The number of aryl methyl sites for hydroxylation is 1. The van der Waals surface area contributed by atoms with Gasteiger partial charge in [0.1, 0.15) is 6.67 Å². The summed E-state index contributed by atoms with van der Waals surface area (Å²) in [6.07, 6.45) is 9.84. The lowest BCUT2D eigenvalue weighted by Gasteiger charge is -2.33. The van der Waals surface area contributed by atoms with Gasteiger partial charge >= 0.3 is 0 Å². The minimum Gasteiger partial charge on any atom is -0.322 e. The molecule has 9 rings (SSSR count). The van der Waals surface area contributed by atoms with E-state index in [0.717, 1.165) is 56.6 Å². The maximum atomic E-state index is 4.92. The van der Waals surface area contributed by atoms with Gasteiger partial charge in [-0.1, -0.05) is 176 Å². The van der Waals surface area contributed by atoms with Crippen molar-refractivity contribution in [3.8, 4) is 22.3 Å². The fraction of sp³-hybridized carbons (Fsp3) is 0.123. The standard InChI is InChI=1S/C36H31N5.C14H13N.C7H10/c1-26-20-22-27(23-21-26)24-39-36(38-3)30-14-6-10-18-34(30)40-25-41(35-19-11-7-15-31(35)37-2)33-17-9-5-13-29(33)28-12-4-8-16-32(28)40;1-15-11-12-7-9-14(10-8-12)13-5-3-2-4-6-13;1-7-5-3-2-4-6-7/h4-23H,2-3,24-25H2,1H3;2-10H,1,11H2;2-5,7H,6H2,1H3. The van der Waals surface area contributed by atoms with Crippen LogP contribution >= 0.6 is 0 Å². The lowest BCUT2D eigenvalue weighted by Crippen LogP contribution is -2.32. The first-order valence-corrected chi connectivity index (χ1v) is 21.3. The summed E-state index contributed by atoms with van der Waals surface area (Å²) in [6.45, 7) is 17.3. The van der Waals surface area contributed by atoms with Crippen LogP contribution in [-0.2, 0) is 13.1 Å². The fourth-order valence-electron chi connectivity index (χ4n) is 7.65. The summed E-state index contributed by atoms with van der Waals surface area (Å²) in [7, 11) is 0. The van der Waals surface area contributed by atoms with Crippen molar-refractivity contribution in [2.24, 2.45) is 25.9 Å². The molecule has 0 radical (unpaired) electrons. The molecule has 0 saturated heterocycles. The van der Waals surface area contributed by atoms with Gasteiger partial charge in [0.2, 0.25) is 0 Å². The van der Waals surface area contributed by atoms with Crippen LogP contribution in [0.5, 0.6) is 0 Å². The third kappa shape index (κ3) is 11.0. The summed E-state index contributed by atoms with van der Waals surface area (Å²) in [5.41, 5.74) is 14.3. The number of nitrogens with zero attached hydrogens (tertiary/aromatic N) is 6. The van der Waals surface area contributed by atoms with Crippen molar-refractivity contribution >= 4 is 54.4 Å². The van der Waals surface area contributed by atoms with Gasteiger partial charge in [0, 0.05) is 16.7 Å². The Kier molecular flexibility index (Phi) is 15.0. The Labute approximate surface area is 373 Å². The van der Waals surface area contributed by atoms with E-state index in [-0.39, 0.29) is 0 Å². The number of benzene rings is 7. The van der Waals surface area contributed by atoms with Crippen molar-refractivity contribution in [3.05, 3.63) is 222 Å². The van der Waals surface area contributed by atoms with E-state index in [9.17, 15) is 0 Å². The maximum Gasteiger partial charge on any atom is 0.156 e. The first-order chi connectivity index (χ1) is 31.0. The average molecular weight is 823 g/mol. The molecule has 0 bridgehead atoms. The zero-order valence-corrected chi connectivity index (χ0v) is 36.3. The van der Waals surface area contributed by atoms with Crippen molar-refractivity contribution in [2.45, 2.75) is 33.4 Å². The van der Waals surface area contributed by atoms with Gasteiger partial charge in [0.05, 0.1) is 41.5 Å². The van der Waals surface area contributed by atoms with Gasteiger partial charge in [-0.05, 0) is 98.1 Å². The van der Waals surface area contributed by atoms with Gasteiger partial charge in [-0.2, -0.15) is 0 Å². The SMILES string of the molecule is C=NC(=NCc1ccc(C)cc1)c1ccccc1N1CN(c2ccccc2N=C)c2ccccc2-c2ccccc21.C=NCc1ccc(-c2ccccc2)cc1.CC1C=CC=CC1. The van der Waals surface area contributed by atoms with E-state index in [1.54, 1.807) is 0 Å². The number of anilines is 4. The molecule has 7 aromatic rings. The van der Waals surface area contributed by atoms with Gasteiger partial charge in [-0.3, -0.25) is 15.0 Å². The predicted molar refractivity (Wildman–Crippen MR) is 271 cm³/mol. The van der Waals surface area contributed by atoms with Crippen LogP contribution in [-0.4, -0.2) is 32.7 Å². The van der Waals surface area contributed by atoms with Gasteiger partial charge in [0.25, 0.3) is 0 Å². The Morgan fingerprint density at radius 2 is 1.10 bits per heavy atom. The first kappa shape index (κ1) is 43.4. The summed E-state index contributed by atoms with van der Waals surface area (Å²) in [4.78, 5) is 22.2. The molecule has 0 fully saturated rings.